The Balaban J connectivity index is 1.82. The summed E-state index contributed by atoms with van der Waals surface area (Å²) in [5, 5.41) is 10.6. The molecule has 20 heavy (non-hydrogen) atoms. The average Bonchev–Trinajstić information content (AvgIpc) is 2.48. The largest absolute Gasteiger partial charge is 0.378 e. The van der Waals surface area contributed by atoms with E-state index in [-0.39, 0.29) is 10.6 Å². The van der Waals surface area contributed by atoms with Crippen LogP contribution < -0.4 is 10.6 Å². The van der Waals surface area contributed by atoms with Gasteiger partial charge in [0, 0.05) is 37.5 Å². The van der Waals surface area contributed by atoms with E-state index in [0.717, 1.165) is 44.6 Å². The highest BCUT2D eigenvalue weighted by Gasteiger charge is 2.20. The molecule has 110 valence electrons. The Labute approximate surface area is 118 Å². The normalized spacial score (nSPS) is 16.4. The van der Waals surface area contributed by atoms with E-state index in [1.165, 1.54) is 0 Å². The molecule has 0 atom stereocenters. The molecule has 1 aliphatic heterocycles. The van der Waals surface area contributed by atoms with E-state index >= 15 is 0 Å². The van der Waals surface area contributed by atoms with Crippen molar-refractivity contribution in [1.29, 1.82) is 0 Å². The topological polar surface area (TPSA) is 81.6 Å². The summed E-state index contributed by atoms with van der Waals surface area (Å²) in [6, 6.07) is 6.74. The second-order valence-corrected chi connectivity index (χ2v) is 4.97. The third-order valence-electron chi connectivity index (χ3n) is 3.57. The molecule has 1 aromatic rings. The molecule has 0 unspecified atom stereocenters. The minimum Gasteiger partial charge on any atom is -0.378 e. The van der Waals surface area contributed by atoms with Crippen LogP contribution in [0, 0.1) is 10.1 Å². The van der Waals surface area contributed by atoms with Crippen LogP contribution >= 0.6 is 0 Å². The molecule has 6 heteroatoms. The second-order valence-electron chi connectivity index (χ2n) is 4.97. The number of non-ortho nitro benzene ring substituents is 1. The lowest BCUT2D eigenvalue weighted by molar-refractivity contribution is -0.384. The first-order valence-electron chi connectivity index (χ1n) is 7.02. The number of hydrogen-bond acceptors (Lipinski definition) is 5. The maximum absolute atomic E-state index is 10.6. The van der Waals surface area contributed by atoms with Crippen molar-refractivity contribution in [2.24, 2.45) is 5.73 Å². The molecule has 0 aromatic heterocycles. The van der Waals surface area contributed by atoms with E-state index in [1.54, 1.807) is 12.1 Å². The zero-order valence-electron chi connectivity index (χ0n) is 11.5. The van der Waals surface area contributed by atoms with Crippen molar-refractivity contribution in [3.05, 3.63) is 34.4 Å². The predicted octanol–water partition coefficient (Wildman–Crippen LogP) is 1.93. The van der Waals surface area contributed by atoms with Crippen LogP contribution in [0.15, 0.2) is 24.3 Å². The lowest BCUT2D eigenvalue weighted by Gasteiger charge is -2.33. The quantitative estimate of drug-likeness (QED) is 0.489. The van der Waals surface area contributed by atoms with Crippen LogP contribution in [0.2, 0.25) is 0 Å². The molecule has 1 aromatic carbocycles. The smallest absolute Gasteiger partial charge is 0.269 e. The Morgan fingerprint density at radius 2 is 1.95 bits per heavy atom. The lowest BCUT2D eigenvalue weighted by atomic mass is 10.1. The van der Waals surface area contributed by atoms with Crippen LogP contribution in [-0.2, 0) is 4.74 Å². The van der Waals surface area contributed by atoms with E-state index in [4.69, 9.17) is 10.5 Å². The lowest BCUT2D eigenvalue weighted by Crippen LogP contribution is -2.37. The first-order valence-corrected chi connectivity index (χ1v) is 7.02. The molecule has 0 radical (unpaired) electrons. The Morgan fingerprint density at radius 3 is 2.50 bits per heavy atom. The molecule has 0 aliphatic carbocycles. The maximum Gasteiger partial charge on any atom is 0.269 e. The maximum atomic E-state index is 10.6. The fraction of sp³-hybridized carbons (Fsp3) is 0.571. The van der Waals surface area contributed by atoms with E-state index in [2.05, 4.69) is 4.90 Å². The Morgan fingerprint density at radius 1 is 1.30 bits per heavy atom. The summed E-state index contributed by atoms with van der Waals surface area (Å²) in [7, 11) is 0. The molecule has 0 saturated carbocycles. The number of rotatable bonds is 6. The van der Waals surface area contributed by atoms with Crippen LogP contribution in [0.25, 0.3) is 0 Å². The van der Waals surface area contributed by atoms with E-state index < -0.39 is 0 Å². The van der Waals surface area contributed by atoms with Crippen molar-refractivity contribution in [2.45, 2.75) is 25.4 Å². The first-order chi connectivity index (χ1) is 9.70. The third kappa shape index (κ3) is 3.91. The number of benzene rings is 1. The minimum absolute atomic E-state index is 0.133. The fourth-order valence-corrected chi connectivity index (χ4v) is 2.40. The number of hydrogen-bond donors (Lipinski definition) is 1. The van der Waals surface area contributed by atoms with Crippen LogP contribution in [0.4, 0.5) is 11.4 Å². The first kappa shape index (κ1) is 14.7. The van der Waals surface area contributed by atoms with Gasteiger partial charge in [0.05, 0.1) is 11.0 Å². The molecule has 6 nitrogen and oxygen atoms in total. The van der Waals surface area contributed by atoms with Gasteiger partial charge < -0.3 is 15.4 Å². The van der Waals surface area contributed by atoms with Gasteiger partial charge in [-0.15, -0.1) is 0 Å². The molecule has 0 amide bonds. The number of nitro benzene ring substituents is 1. The highest BCUT2D eigenvalue weighted by molar-refractivity contribution is 5.51. The monoisotopic (exact) mass is 279 g/mol. The van der Waals surface area contributed by atoms with Crippen molar-refractivity contribution >= 4 is 11.4 Å². The van der Waals surface area contributed by atoms with E-state index in [9.17, 15) is 10.1 Å². The van der Waals surface area contributed by atoms with Gasteiger partial charge in [-0.3, -0.25) is 10.1 Å². The van der Waals surface area contributed by atoms with Crippen LogP contribution in [0.3, 0.4) is 0 Å². The van der Waals surface area contributed by atoms with Gasteiger partial charge in [0.2, 0.25) is 0 Å². The van der Waals surface area contributed by atoms with Crippen LogP contribution in [0.1, 0.15) is 19.3 Å². The summed E-state index contributed by atoms with van der Waals surface area (Å²) in [6.45, 7) is 3.25. The number of ether oxygens (including phenoxy) is 1. The van der Waals surface area contributed by atoms with Gasteiger partial charge >= 0.3 is 0 Å². The van der Waals surface area contributed by atoms with Crippen LogP contribution in [-0.4, -0.2) is 37.3 Å². The molecule has 1 aliphatic rings. The molecule has 2 rings (SSSR count). The number of nitrogens with zero attached hydrogens (tertiary/aromatic N) is 2. The molecular weight excluding hydrogens is 258 g/mol. The molecule has 2 N–H and O–H groups in total. The number of nitro groups is 1. The van der Waals surface area contributed by atoms with E-state index in [1.807, 2.05) is 12.1 Å². The number of piperidine rings is 1. The summed E-state index contributed by atoms with van der Waals surface area (Å²) in [6.07, 6.45) is 3.20. The van der Waals surface area contributed by atoms with Gasteiger partial charge in [-0.2, -0.15) is 0 Å². The summed E-state index contributed by atoms with van der Waals surface area (Å²) >= 11 is 0. The Hall–Kier alpha value is -1.66. The van der Waals surface area contributed by atoms with Gasteiger partial charge in [0.1, 0.15) is 0 Å². The summed E-state index contributed by atoms with van der Waals surface area (Å²) < 4.78 is 5.76. The highest BCUT2D eigenvalue weighted by atomic mass is 16.6. The molecular formula is C14H21N3O3. The van der Waals surface area contributed by atoms with Crippen molar-refractivity contribution in [3.8, 4) is 0 Å². The molecule has 0 bridgehead atoms. The van der Waals surface area contributed by atoms with Gasteiger partial charge in [-0.25, -0.2) is 0 Å². The zero-order chi connectivity index (χ0) is 14.4. The van der Waals surface area contributed by atoms with Gasteiger partial charge in [-0.05, 0) is 37.9 Å². The Kier molecular flexibility index (Phi) is 5.31. The predicted molar refractivity (Wildman–Crippen MR) is 78.0 cm³/mol. The Bertz CT molecular complexity index is 428. The molecule has 0 spiro atoms. The molecule has 1 heterocycles. The minimum atomic E-state index is -0.374. The van der Waals surface area contributed by atoms with Crippen molar-refractivity contribution in [3.63, 3.8) is 0 Å². The SMILES string of the molecule is NCCCOC1CCN(c2ccc([N+](=O)[O-])cc2)CC1. The second kappa shape index (κ2) is 7.21. The number of nitrogens with two attached hydrogens (primary N) is 1. The zero-order valence-corrected chi connectivity index (χ0v) is 11.5. The summed E-state index contributed by atoms with van der Waals surface area (Å²) in [5.41, 5.74) is 6.61. The van der Waals surface area contributed by atoms with E-state index in [0.29, 0.717) is 12.6 Å². The number of anilines is 1. The third-order valence-corrected chi connectivity index (χ3v) is 3.57. The van der Waals surface area contributed by atoms with Gasteiger partial charge in [0.15, 0.2) is 0 Å². The highest BCUT2D eigenvalue weighted by Crippen LogP contribution is 2.23. The van der Waals surface area contributed by atoms with Crippen molar-refractivity contribution in [2.75, 3.05) is 31.1 Å². The summed E-state index contributed by atoms with van der Waals surface area (Å²) in [4.78, 5) is 12.5. The molecule has 1 saturated heterocycles. The van der Waals surface area contributed by atoms with Crippen molar-refractivity contribution < 1.29 is 9.66 Å². The van der Waals surface area contributed by atoms with Crippen molar-refractivity contribution in [1.82, 2.24) is 0 Å². The van der Waals surface area contributed by atoms with Gasteiger partial charge in [-0.1, -0.05) is 0 Å². The standard InChI is InChI=1S/C14H21N3O3/c15-8-1-11-20-14-6-9-16(10-7-14)12-2-4-13(5-3-12)17(18)19/h2-5,14H,1,6-11,15H2. The summed E-state index contributed by atoms with van der Waals surface area (Å²) in [5.74, 6) is 0. The average molecular weight is 279 g/mol. The van der Waals surface area contributed by atoms with Crippen LogP contribution in [0.5, 0.6) is 0 Å². The molecule has 1 fully saturated rings. The van der Waals surface area contributed by atoms with Gasteiger partial charge in [0.25, 0.3) is 5.69 Å². The fourth-order valence-electron chi connectivity index (χ4n) is 2.40.